The summed E-state index contributed by atoms with van der Waals surface area (Å²) in [5.74, 6) is 2.13. The van der Waals surface area contributed by atoms with E-state index in [-0.39, 0.29) is 0 Å². The lowest BCUT2D eigenvalue weighted by Gasteiger charge is -2.25. The maximum absolute atomic E-state index is 5.79. The van der Waals surface area contributed by atoms with Crippen molar-refractivity contribution in [2.24, 2.45) is 16.6 Å². The van der Waals surface area contributed by atoms with Gasteiger partial charge in [-0.2, -0.15) is 5.10 Å². The van der Waals surface area contributed by atoms with Crippen LogP contribution in [-0.4, -0.2) is 27.3 Å². The zero-order valence-corrected chi connectivity index (χ0v) is 10.3. The number of hydrogen-bond acceptors (Lipinski definition) is 3. The minimum Gasteiger partial charge on any atom is -0.370 e. The molecule has 3 N–H and O–H groups in total. The maximum atomic E-state index is 5.79. The monoisotopic (exact) mass is 236 g/mol. The topological polar surface area (TPSA) is 81.1 Å². The fourth-order valence-electron chi connectivity index (χ4n) is 1.83. The van der Waals surface area contributed by atoms with Gasteiger partial charge in [0.25, 0.3) is 0 Å². The molecule has 1 saturated carbocycles. The maximum Gasteiger partial charge on any atom is 0.189 e. The SMILES string of the molecule is CCn1ncnc1CN=C(N)NCC1CCC1. The van der Waals surface area contributed by atoms with Crippen LogP contribution in [0, 0.1) is 5.92 Å². The molecule has 0 amide bonds. The third kappa shape index (κ3) is 3.18. The quantitative estimate of drug-likeness (QED) is 0.576. The normalized spacial score (nSPS) is 16.9. The zero-order chi connectivity index (χ0) is 12.1. The van der Waals surface area contributed by atoms with Crippen molar-refractivity contribution < 1.29 is 0 Å². The molecule has 1 aliphatic carbocycles. The average Bonchev–Trinajstić information content (AvgIpc) is 2.71. The van der Waals surface area contributed by atoms with Gasteiger partial charge in [0.15, 0.2) is 5.96 Å². The second-order valence-electron chi connectivity index (χ2n) is 4.37. The smallest absolute Gasteiger partial charge is 0.189 e. The molecule has 0 radical (unpaired) electrons. The van der Waals surface area contributed by atoms with E-state index in [1.54, 1.807) is 6.33 Å². The highest BCUT2D eigenvalue weighted by Crippen LogP contribution is 2.24. The summed E-state index contributed by atoms with van der Waals surface area (Å²) in [6.45, 7) is 4.26. The number of aromatic nitrogens is 3. The van der Waals surface area contributed by atoms with E-state index in [4.69, 9.17) is 5.73 Å². The van der Waals surface area contributed by atoms with Crippen LogP contribution in [0.1, 0.15) is 32.0 Å². The third-order valence-corrected chi connectivity index (χ3v) is 3.18. The zero-order valence-electron chi connectivity index (χ0n) is 10.3. The van der Waals surface area contributed by atoms with Gasteiger partial charge in [0.2, 0.25) is 0 Å². The van der Waals surface area contributed by atoms with Crippen LogP contribution in [-0.2, 0) is 13.1 Å². The molecule has 0 saturated heterocycles. The first-order valence-corrected chi connectivity index (χ1v) is 6.20. The van der Waals surface area contributed by atoms with E-state index in [0.717, 1.165) is 24.8 Å². The highest BCUT2D eigenvalue weighted by atomic mass is 15.3. The highest BCUT2D eigenvalue weighted by Gasteiger charge is 2.16. The molecule has 0 spiro atoms. The van der Waals surface area contributed by atoms with E-state index in [1.165, 1.54) is 19.3 Å². The Bertz CT molecular complexity index is 379. The minimum atomic E-state index is 0.483. The summed E-state index contributed by atoms with van der Waals surface area (Å²) in [6, 6.07) is 0. The summed E-state index contributed by atoms with van der Waals surface area (Å²) in [5, 5.41) is 7.24. The summed E-state index contributed by atoms with van der Waals surface area (Å²) >= 11 is 0. The van der Waals surface area contributed by atoms with Crippen LogP contribution < -0.4 is 11.1 Å². The van der Waals surface area contributed by atoms with Gasteiger partial charge < -0.3 is 11.1 Å². The molecule has 0 unspecified atom stereocenters. The predicted octanol–water partition coefficient (Wildman–Crippen LogP) is 0.502. The standard InChI is InChI=1S/C11H20N6/c1-2-17-10(15-8-16-17)7-14-11(12)13-6-9-4-3-5-9/h8-9H,2-7H2,1H3,(H3,12,13,14). The molecule has 17 heavy (non-hydrogen) atoms. The lowest BCUT2D eigenvalue weighted by Crippen LogP contribution is -2.37. The summed E-state index contributed by atoms with van der Waals surface area (Å²) in [5.41, 5.74) is 5.79. The van der Waals surface area contributed by atoms with E-state index in [1.807, 2.05) is 11.6 Å². The first-order chi connectivity index (χ1) is 8.29. The number of nitrogens with two attached hydrogens (primary N) is 1. The van der Waals surface area contributed by atoms with Gasteiger partial charge in [-0.1, -0.05) is 6.42 Å². The molecule has 1 heterocycles. The predicted molar refractivity (Wildman–Crippen MR) is 66.4 cm³/mol. The number of guanidine groups is 1. The first-order valence-electron chi connectivity index (χ1n) is 6.20. The lowest BCUT2D eigenvalue weighted by atomic mass is 9.85. The van der Waals surface area contributed by atoms with Gasteiger partial charge in [-0.15, -0.1) is 0 Å². The molecule has 2 rings (SSSR count). The molecular weight excluding hydrogens is 216 g/mol. The Kier molecular flexibility index (Phi) is 3.95. The number of aliphatic imine (C=N–C) groups is 1. The molecule has 1 aliphatic rings. The van der Waals surface area contributed by atoms with Crippen LogP contribution in [0.4, 0.5) is 0 Å². The number of rotatable bonds is 5. The van der Waals surface area contributed by atoms with E-state index < -0.39 is 0 Å². The van der Waals surface area contributed by atoms with Crippen LogP contribution in [0.2, 0.25) is 0 Å². The summed E-state index contributed by atoms with van der Waals surface area (Å²) in [4.78, 5) is 8.41. The van der Waals surface area contributed by atoms with E-state index >= 15 is 0 Å². The Labute approximate surface area is 101 Å². The highest BCUT2D eigenvalue weighted by molar-refractivity contribution is 5.77. The van der Waals surface area contributed by atoms with Gasteiger partial charge in [0, 0.05) is 13.1 Å². The fourth-order valence-corrected chi connectivity index (χ4v) is 1.83. The van der Waals surface area contributed by atoms with Crippen LogP contribution in [0.15, 0.2) is 11.3 Å². The van der Waals surface area contributed by atoms with Gasteiger partial charge in [-0.25, -0.2) is 14.7 Å². The largest absolute Gasteiger partial charge is 0.370 e. The molecule has 1 aromatic rings. The van der Waals surface area contributed by atoms with Crippen LogP contribution in [0.25, 0.3) is 0 Å². The summed E-state index contributed by atoms with van der Waals surface area (Å²) < 4.78 is 1.82. The van der Waals surface area contributed by atoms with Crippen molar-refractivity contribution in [3.05, 3.63) is 12.2 Å². The number of hydrogen-bond donors (Lipinski definition) is 2. The van der Waals surface area contributed by atoms with Crippen LogP contribution >= 0.6 is 0 Å². The van der Waals surface area contributed by atoms with Gasteiger partial charge >= 0.3 is 0 Å². The Morgan fingerprint density at radius 1 is 1.65 bits per heavy atom. The Morgan fingerprint density at radius 3 is 3.12 bits per heavy atom. The van der Waals surface area contributed by atoms with Crippen molar-refractivity contribution in [3.63, 3.8) is 0 Å². The molecule has 0 bridgehead atoms. The molecule has 1 aromatic heterocycles. The number of nitrogens with zero attached hydrogens (tertiary/aromatic N) is 4. The Balaban J connectivity index is 1.78. The average molecular weight is 236 g/mol. The minimum absolute atomic E-state index is 0.483. The first kappa shape index (κ1) is 11.9. The summed E-state index contributed by atoms with van der Waals surface area (Å²) in [7, 11) is 0. The lowest BCUT2D eigenvalue weighted by molar-refractivity contribution is 0.315. The summed E-state index contributed by atoms with van der Waals surface area (Å²) in [6.07, 6.45) is 5.52. The van der Waals surface area contributed by atoms with Gasteiger partial charge in [0.05, 0.1) is 0 Å². The molecule has 6 heteroatoms. The van der Waals surface area contributed by atoms with Gasteiger partial charge in [0.1, 0.15) is 18.7 Å². The van der Waals surface area contributed by atoms with Crippen molar-refractivity contribution >= 4 is 5.96 Å². The van der Waals surface area contributed by atoms with Crippen molar-refractivity contribution in [3.8, 4) is 0 Å². The molecular formula is C11H20N6. The second-order valence-corrected chi connectivity index (χ2v) is 4.37. The Morgan fingerprint density at radius 2 is 2.47 bits per heavy atom. The van der Waals surface area contributed by atoms with E-state index in [2.05, 4.69) is 20.4 Å². The molecule has 6 nitrogen and oxygen atoms in total. The van der Waals surface area contributed by atoms with Crippen molar-refractivity contribution in [1.29, 1.82) is 0 Å². The van der Waals surface area contributed by atoms with Crippen LogP contribution in [0.3, 0.4) is 0 Å². The van der Waals surface area contributed by atoms with Gasteiger partial charge in [-0.3, -0.25) is 0 Å². The molecule has 0 aromatic carbocycles. The second kappa shape index (κ2) is 5.65. The van der Waals surface area contributed by atoms with Crippen molar-refractivity contribution in [2.45, 2.75) is 39.3 Å². The van der Waals surface area contributed by atoms with Crippen molar-refractivity contribution in [2.75, 3.05) is 6.54 Å². The van der Waals surface area contributed by atoms with Crippen molar-refractivity contribution in [1.82, 2.24) is 20.1 Å². The third-order valence-electron chi connectivity index (χ3n) is 3.18. The van der Waals surface area contributed by atoms with Gasteiger partial charge in [-0.05, 0) is 25.7 Å². The number of nitrogens with one attached hydrogen (secondary N) is 1. The molecule has 1 fully saturated rings. The van der Waals surface area contributed by atoms with E-state index in [9.17, 15) is 0 Å². The van der Waals surface area contributed by atoms with E-state index in [0.29, 0.717) is 12.5 Å². The molecule has 0 atom stereocenters. The fraction of sp³-hybridized carbons (Fsp3) is 0.727. The number of aryl methyl sites for hydroxylation is 1. The van der Waals surface area contributed by atoms with Crippen LogP contribution in [0.5, 0.6) is 0 Å². The molecule has 94 valence electrons. The Hall–Kier alpha value is -1.59. The molecule has 0 aliphatic heterocycles.